The van der Waals surface area contributed by atoms with Crippen LogP contribution in [0.4, 0.5) is 0 Å². The van der Waals surface area contributed by atoms with E-state index in [4.69, 9.17) is 4.74 Å². The molecule has 2 aliphatic rings. The summed E-state index contributed by atoms with van der Waals surface area (Å²) in [6.07, 6.45) is 3.05. The molecular weight excluding hydrogens is 220 g/mol. The van der Waals surface area contributed by atoms with E-state index in [2.05, 4.69) is 0 Å². The minimum Gasteiger partial charge on any atom is -0.481 e. The average Bonchev–Trinajstić information content (AvgIpc) is 2.28. The first-order valence-electron chi connectivity index (χ1n) is 5.35. The molecule has 3 rings (SSSR count). The standard InChI is InChI=1S/C13H10O4/c14-11(15)10-5-6-17-12(16)13(10)7-8-3-1-2-4-9(8)13/h1-6,10H,7H2,(H,14,15). The van der Waals surface area contributed by atoms with Crippen molar-refractivity contribution in [2.75, 3.05) is 0 Å². The lowest BCUT2D eigenvalue weighted by Gasteiger charge is -2.45. The number of aliphatic carboxylic acids is 1. The van der Waals surface area contributed by atoms with Gasteiger partial charge in [0, 0.05) is 0 Å². The Morgan fingerprint density at radius 2 is 2.18 bits per heavy atom. The predicted octanol–water partition coefficient (Wildman–Crippen LogP) is 1.25. The first-order chi connectivity index (χ1) is 8.16. The van der Waals surface area contributed by atoms with Gasteiger partial charge in [-0.15, -0.1) is 0 Å². The smallest absolute Gasteiger partial charge is 0.322 e. The Kier molecular flexibility index (Phi) is 1.90. The Morgan fingerprint density at radius 3 is 2.88 bits per heavy atom. The second kappa shape index (κ2) is 3.20. The molecule has 0 bridgehead atoms. The molecule has 0 radical (unpaired) electrons. The second-order valence-corrected chi connectivity index (χ2v) is 4.36. The summed E-state index contributed by atoms with van der Waals surface area (Å²) in [5.41, 5.74) is 0.782. The number of rotatable bonds is 1. The van der Waals surface area contributed by atoms with E-state index in [0.717, 1.165) is 11.1 Å². The van der Waals surface area contributed by atoms with Crippen LogP contribution in [0.5, 0.6) is 0 Å². The Bertz CT molecular complexity index is 546. The molecule has 4 nitrogen and oxygen atoms in total. The van der Waals surface area contributed by atoms with Crippen molar-refractivity contribution in [3.8, 4) is 0 Å². The van der Waals surface area contributed by atoms with Crippen molar-refractivity contribution in [1.82, 2.24) is 0 Å². The van der Waals surface area contributed by atoms with Crippen molar-refractivity contribution in [1.29, 1.82) is 0 Å². The van der Waals surface area contributed by atoms with Crippen molar-refractivity contribution in [3.05, 3.63) is 47.7 Å². The normalized spacial score (nSPS) is 29.4. The molecule has 1 spiro atoms. The van der Waals surface area contributed by atoms with Crippen molar-refractivity contribution in [2.24, 2.45) is 5.92 Å². The summed E-state index contributed by atoms with van der Waals surface area (Å²) in [7, 11) is 0. The SMILES string of the molecule is O=C(O)C1C=COC(=O)C12Cc1ccccc12. The number of carboxylic acid groups (broad SMARTS) is 1. The van der Waals surface area contributed by atoms with Gasteiger partial charge in [0.2, 0.25) is 0 Å². The van der Waals surface area contributed by atoms with E-state index >= 15 is 0 Å². The maximum absolute atomic E-state index is 11.9. The number of hydrogen-bond acceptors (Lipinski definition) is 3. The first-order valence-corrected chi connectivity index (χ1v) is 5.35. The Balaban J connectivity index is 2.16. The van der Waals surface area contributed by atoms with Gasteiger partial charge in [-0.2, -0.15) is 0 Å². The zero-order valence-corrected chi connectivity index (χ0v) is 8.92. The van der Waals surface area contributed by atoms with Gasteiger partial charge in [-0.1, -0.05) is 24.3 Å². The molecule has 0 amide bonds. The molecule has 1 aromatic carbocycles. The van der Waals surface area contributed by atoms with Gasteiger partial charge in [0.05, 0.1) is 12.2 Å². The Morgan fingerprint density at radius 1 is 1.41 bits per heavy atom. The third kappa shape index (κ3) is 1.12. The average molecular weight is 230 g/mol. The van der Waals surface area contributed by atoms with Gasteiger partial charge in [0.1, 0.15) is 5.41 Å². The molecule has 1 N–H and O–H groups in total. The number of esters is 1. The van der Waals surface area contributed by atoms with Crippen molar-refractivity contribution in [3.63, 3.8) is 0 Å². The number of ether oxygens (including phenoxy) is 1. The molecule has 0 saturated carbocycles. The summed E-state index contributed by atoms with van der Waals surface area (Å²) in [5, 5.41) is 9.22. The lowest BCUT2D eigenvalue weighted by molar-refractivity contribution is -0.158. The van der Waals surface area contributed by atoms with Crippen molar-refractivity contribution in [2.45, 2.75) is 11.8 Å². The lowest BCUT2D eigenvalue weighted by Crippen LogP contribution is -2.55. The second-order valence-electron chi connectivity index (χ2n) is 4.36. The molecule has 1 aliphatic heterocycles. The fraction of sp³-hybridized carbons (Fsp3) is 0.231. The van der Waals surface area contributed by atoms with Gasteiger partial charge in [-0.3, -0.25) is 9.59 Å². The molecular formula is C13H10O4. The van der Waals surface area contributed by atoms with Crippen LogP contribution in [-0.4, -0.2) is 17.0 Å². The number of hydrogen-bond donors (Lipinski definition) is 1. The number of carbonyl (C=O) groups excluding carboxylic acids is 1. The zero-order valence-electron chi connectivity index (χ0n) is 8.92. The molecule has 17 heavy (non-hydrogen) atoms. The van der Waals surface area contributed by atoms with Crippen LogP contribution >= 0.6 is 0 Å². The van der Waals surface area contributed by atoms with Gasteiger partial charge < -0.3 is 9.84 Å². The molecule has 2 unspecified atom stereocenters. The lowest BCUT2D eigenvalue weighted by atomic mass is 9.57. The molecule has 1 aliphatic carbocycles. The number of benzene rings is 1. The summed E-state index contributed by atoms with van der Waals surface area (Å²) in [5.74, 6) is -2.29. The van der Waals surface area contributed by atoms with Crippen LogP contribution in [0.2, 0.25) is 0 Å². The Hall–Kier alpha value is -2.10. The molecule has 0 fully saturated rings. The highest BCUT2D eigenvalue weighted by Crippen LogP contribution is 2.49. The van der Waals surface area contributed by atoms with Crippen LogP contribution in [0.15, 0.2) is 36.6 Å². The van der Waals surface area contributed by atoms with E-state index in [-0.39, 0.29) is 0 Å². The van der Waals surface area contributed by atoms with Crippen molar-refractivity contribution >= 4 is 11.9 Å². The van der Waals surface area contributed by atoms with Crippen molar-refractivity contribution < 1.29 is 19.4 Å². The van der Waals surface area contributed by atoms with Gasteiger partial charge in [0.25, 0.3) is 0 Å². The predicted molar refractivity (Wildman–Crippen MR) is 58.2 cm³/mol. The quantitative estimate of drug-likeness (QED) is 0.737. The molecule has 1 aromatic rings. The summed E-state index contributed by atoms with van der Waals surface area (Å²) in [6, 6.07) is 7.40. The third-order valence-corrected chi connectivity index (χ3v) is 3.57. The van der Waals surface area contributed by atoms with E-state index in [0.29, 0.717) is 6.42 Å². The fourth-order valence-electron chi connectivity index (χ4n) is 2.73. The van der Waals surface area contributed by atoms with Crippen LogP contribution in [0.25, 0.3) is 0 Å². The summed E-state index contributed by atoms with van der Waals surface area (Å²) in [6.45, 7) is 0. The monoisotopic (exact) mass is 230 g/mol. The van der Waals surface area contributed by atoms with E-state index in [9.17, 15) is 14.7 Å². The number of fused-ring (bicyclic) bond motifs is 2. The summed E-state index contributed by atoms with van der Waals surface area (Å²) >= 11 is 0. The highest BCUT2D eigenvalue weighted by Gasteiger charge is 2.58. The molecule has 4 heteroatoms. The van der Waals surface area contributed by atoms with Crippen LogP contribution < -0.4 is 0 Å². The summed E-state index contributed by atoms with van der Waals surface area (Å²) in [4.78, 5) is 23.2. The highest BCUT2D eigenvalue weighted by molar-refractivity contribution is 5.95. The number of carbonyl (C=O) groups is 2. The minimum atomic E-state index is -1.02. The minimum absolute atomic E-state index is 0.434. The van der Waals surface area contributed by atoms with Gasteiger partial charge in [-0.05, 0) is 23.6 Å². The number of carboxylic acids is 1. The van der Waals surface area contributed by atoms with Crippen LogP contribution in [0.1, 0.15) is 11.1 Å². The molecule has 2 atom stereocenters. The molecule has 0 saturated heterocycles. The maximum Gasteiger partial charge on any atom is 0.322 e. The highest BCUT2D eigenvalue weighted by atomic mass is 16.5. The molecule has 86 valence electrons. The van der Waals surface area contributed by atoms with E-state index in [1.54, 1.807) is 6.07 Å². The molecule has 0 aromatic heterocycles. The van der Waals surface area contributed by atoms with E-state index < -0.39 is 23.3 Å². The van der Waals surface area contributed by atoms with Crippen LogP contribution in [-0.2, 0) is 26.2 Å². The van der Waals surface area contributed by atoms with Gasteiger partial charge in [0.15, 0.2) is 0 Å². The van der Waals surface area contributed by atoms with E-state index in [1.165, 1.54) is 12.3 Å². The largest absolute Gasteiger partial charge is 0.481 e. The molecule has 1 heterocycles. The topological polar surface area (TPSA) is 63.6 Å². The van der Waals surface area contributed by atoms with Gasteiger partial charge >= 0.3 is 11.9 Å². The first kappa shape index (κ1) is 10.1. The zero-order chi connectivity index (χ0) is 12.0. The summed E-state index contributed by atoms with van der Waals surface area (Å²) < 4.78 is 4.89. The Labute approximate surface area is 97.5 Å². The third-order valence-electron chi connectivity index (χ3n) is 3.57. The fourth-order valence-corrected chi connectivity index (χ4v) is 2.73. The maximum atomic E-state index is 11.9. The van der Waals surface area contributed by atoms with Crippen LogP contribution in [0.3, 0.4) is 0 Å². The van der Waals surface area contributed by atoms with E-state index in [1.807, 2.05) is 18.2 Å². The number of cyclic esters (lactones) is 1. The van der Waals surface area contributed by atoms with Gasteiger partial charge in [-0.25, -0.2) is 0 Å². The van der Waals surface area contributed by atoms with Crippen LogP contribution in [0, 0.1) is 5.92 Å².